The summed E-state index contributed by atoms with van der Waals surface area (Å²) in [5, 5.41) is 17.0. The van der Waals surface area contributed by atoms with Crippen LogP contribution in [-0.2, 0) is 0 Å². The van der Waals surface area contributed by atoms with E-state index < -0.39 is 4.92 Å². The first-order chi connectivity index (χ1) is 7.58. The van der Waals surface area contributed by atoms with Gasteiger partial charge in [-0.15, -0.1) is 5.10 Å². The number of rotatable bonds is 2. The molecule has 0 aliphatic heterocycles. The third-order valence-electron chi connectivity index (χ3n) is 2.09. The van der Waals surface area contributed by atoms with Crippen molar-refractivity contribution >= 4 is 17.9 Å². The van der Waals surface area contributed by atoms with Gasteiger partial charge in [0.2, 0.25) is 5.89 Å². The lowest BCUT2D eigenvalue weighted by Crippen LogP contribution is -1.92. The minimum atomic E-state index is -0.444. The Morgan fingerprint density at radius 2 is 2.31 bits per heavy atom. The van der Waals surface area contributed by atoms with E-state index in [1.165, 1.54) is 6.07 Å². The molecule has 0 amide bonds. The number of nitrogens with one attached hydrogen (secondary N) is 1. The number of H-pyrrole nitrogens is 1. The molecule has 82 valence electrons. The highest BCUT2D eigenvalue weighted by Gasteiger charge is 2.13. The molecule has 0 atom stereocenters. The van der Waals surface area contributed by atoms with Gasteiger partial charge in [0.1, 0.15) is 0 Å². The largest absolute Gasteiger partial charge is 0.409 e. The molecule has 0 aliphatic carbocycles. The van der Waals surface area contributed by atoms with Gasteiger partial charge in [0.05, 0.1) is 4.92 Å². The van der Waals surface area contributed by atoms with Crippen LogP contribution < -0.4 is 0 Å². The first-order valence-corrected chi connectivity index (χ1v) is 4.79. The Morgan fingerprint density at radius 1 is 1.56 bits per heavy atom. The molecule has 16 heavy (non-hydrogen) atoms. The molecule has 0 bridgehead atoms. The van der Waals surface area contributed by atoms with E-state index in [-0.39, 0.29) is 16.4 Å². The fraction of sp³-hybridized carbons (Fsp3) is 0.111. The fourth-order valence-electron chi connectivity index (χ4n) is 1.29. The molecule has 0 fully saturated rings. The monoisotopic (exact) mass is 237 g/mol. The van der Waals surface area contributed by atoms with Gasteiger partial charge in [-0.2, -0.15) is 0 Å². The lowest BCUT2D eigenvalue weighted by Gasteiger charge is -1.98. The number of benzene rings is 1. The van der Waals surface area contributed by atoms with E-state index in [0.717, 1.165) is 0 Å². The SMILES string of the molecule is Cc1ccc(-c2n[nH]c(=S)o2)cc1[N+](=O)[O-]. The minimum Gasteiger partial charge on any atom is -0.409 e. The van der Waals surface area contributed by atoms with Crippen LogP contribution in [0.3, 0.4) is 0 Å². The smallest absolute Gasteiger partial charge is 0.284 e. The zero-order chi connectivity index (χ0) is 11.7. The second-order valence-electron chi connectivity index (χ2n) is 3.18. The Bertz CT molecular complexity index is 602. The maximum absolute atomic E-state index is 10.7. The molecule has 0 aliphatic rings. The van der Waals surface area contributed by atoms with Gasteiger partial charge in [0.15, 0.2) is 0 Å². The van der Waals surface area contributed by atoms with Gasteiger partial charge >= 0.3 is 0 Å². The van der Waals surface area contributed by atoms with Crippen molar-refractivity contribution in [3.05, 3.63) is 38.7 Å². The van der Waals surface area contributed by atoms with Crippen molar-refractivity contribution in [1.29, 1.82) is 0 Å². The van der Waals surface area contributed by atoms with Crippen molar-refractivity contribution in [3.63, 3.8) is 0 Å². The maximum Gasteiger partial charge on any atom is 0.284 e. The molecular weight excluding hydrogens is 230 g/mol. The highest BCUT2D eigenvalue weighted by molar-refractivity contribution is 7.71. The molecule has 0 spiro atoms. The number of nitro benzene ring substituents is 1. The predicted molar refractivity (Wildman–Crippen MR) is 58.5 cm³/mol. The maximum atomic E-state index is 10.7. The average Bonchev–Trinajstić information content (AvgIpc) is 2.65. The first-order valence-electron chi connectivity index (χ1n) is 4.39. The molecule has 1 aromatic carbocycles. The van der Waals surface area contributed by atoms with E-state index in [4.69, 9.17) is 16.6 Å². The molecule has 2 rings (SSSR count). The zero-order valence-electron chi connectivity index (χ0n) is 8.26. The van der Waals surface area contributed by atoms with E-state index in [1.807, 2.05) is 0 Å². The lowest BCUT2D eigenvalue weighted by molar-refractivity contribution is -0.385. The van der Waals surface area contributed by atoms with Gasteiger partial charge in [-0.1, -0.05) is 6.07 Å². The highest BCUT2D eigenvalue weighted by atomic mass is 32.1. The molecule has 1 heterocycles. The number of nitro groups is 1. The van der Waals surface area contributed by atoms with Gasteiger partial charge in [-0.25, -0.2) is 5.10 Å². The molecule has 7 heteroatoms. The van der Waals surface area contributed by atoms with Crippen LogP contribution in [0.15, 0.2) is 22.6 Å². The Balaban J connectivity index is 2.55. The van der Waals surface area contributed by atoms with Crippen molar-refractivity contribution in [2.75, 3.05) is 0 Å². The van der Waals surface area contributed by atoms with Crippen molar-refractivity contribution in [3.8, 4) is 11.5 Å². The van der Waals surface area contributed by atoms with Crippen molar-refractivity contribution < 1.29 is 9.34 Å². The lowest BCUT2D eigenvalue weighted by atomic mass is 10.1. The van der Waals surface area contributed by atoms with E-state index in [1.54, 1.807) is 19.1 Å². The Morgan fingerprint density at radius 3 is 2.88 bits per heavy atom. The van der Waals surface area contributed by atoms with Gasteiger partial charge in [0, 0.05) is 17.2 Å². The third kappa shape index (κ3) is 1.84. The Kier molecular flexibility index (Phi) is 2.53. The summed E-state index contributed by atoms with van der Waals surface area (Å²) < 4.78 is 5.07. The number of hydrogen-bond acceptors (Lipinski definition) is 5. The number of hydrogen-bond donors (Lipinski definition) is 1. The molecule has 0 radical (unpaired) electrons. The molecular formula is C9H7N3O3S. The Labute approximate surface area is 95.1 Å². The summed E-state index contributed by atoms with van der Waals surface area (Å²) in [6.07, 6.45) is 0. The van der Waals surface area contributed by atoms with Crippen LogP contribution in [0.25, 0.3) is 11.5 Å². The number of nitrogens with zero attached hydrogens (tertiary/aromatic N) is 2. The van der Waals surface area contributed by atoms with Crippen LogP contribution in [0.2, 0.25) is 0 Å². The van der Waals surface area contributed by atoms with Gasteiger partial charge < -0.3 is 4.42 Å². The summed E-state index contributed by atoms with van der Waals surface area (Å²) in [4.78, 5) is 10.4. The van der Waals surface area contributed by atoms with Crippen LogP contribution in [0, 0.1) is 21.9 Å². The topological polar surface area (TPSA) is 85.0 Å². The zero-order valence-corrected chi connectivity index (χ0v) is 9.08. The molecule has 1 aromatic heterocycles. The van der Waals surface area contributed by atoms with E-state index >= 15 is 0 Å². The van der Waals surface area contributed by atoms with Crippen molar-refractivity contribution in [2.24, 2.45) is 0 Å². The Hall–Kier alpha value is -2.02. The van der Waals surface area contributed by atoms with E-state index in [2.05, 4.69) is 10.2 Å². The van der Waals surface area contributed by atoms with E-state index in [9.17, 15) is 10.1 Å². The summed E-state index contributed by atoms with van der Waals surface area (Å²) >= 11 is 4.72. The van der Waals surface area contributed by atoms with Crippen molar-refractivity contribution in [2.45, 2.75) is 6.92 Å². The summed E-state index contributed by atoms with van der Waals surface area (Å²) in [6.45, 7) is 1.67. The molecule has 2 aromatic rings. The van der Waals surface area contributed by atoms with Crippen LogP contribution in [-0.4, -0.2) is 15.1 Å². The quantitative estimate of drug-likeness (QED) is 0.493. The van der Waals surface area contributed by atoms with Gasteiger partial charge in [0.25, 0.3) is 10.5 Å². The molecule has 6 nitrogen and oxygen atoms in total. The van der Waals surface area contributed by atoms with Crippen LogP contribution >= 0.6 is 12.2 Å². The highest BCUT2D eigenvalue weighted by Crippen LogP contribution is 2.25. The number of aromatic nitrogens is 2. The summed E-state index contributed by atoms with van der Waals surface area (Å²) in [5.41, 5.74) is 1.13. The van der Waals surface area contributed by atoms with Crippen LogP contribution in [0.5, 0.6) is 0 Å². The number of aryl methyl sites for hydroxylation is 1. The molecule has 0 saturated carbocycles. The van der Waals surface area contributed by atoms with Crippen LogP contribution in [0.4, 0.5) is 5.69 Å². The fourth-order valence-corrected chi connectivity index (χ4v) is 1.42. The summed E-state index contributed by atoms with van der Waals surface area (Å²) in [5.74, 6) is 0.244. The van der Waals surface area contributed by atoms with Gasteiger partial charge in [-0.05, 0) is 25.2 Å². The van der Waals surface area contributed by atoms with E-state index in [0.29, 0.717) is 11.1 Å². The minimum absolute atomic E-state index is 0.0293. The molecule has 0 saturated heterocycles. The summed E-state index contributed by atoms with van der Waals surface area (Å²) in [7, 11) is 0. The molecule has 1 N–H and O–H groups in total. The summed E-state index contributed by atoms with van der Waals surface area (Å²) in [6, 6.07) is 4.74. The second kappa shape index (κ2) is 3.86. The third-order valence-corrected chi connectivity index (χ3v) is 2.27. The predicted octanol–water partition coefficient (Wildman–Crippen LogP) is 2.62. The molecule has 0 unspecified atom stereocenters. The number of aromatic amines is 1. The second-order valence-corrected chi connectivity index (χ2v) is 3.55. The average molecular weight is 237 g/mol. The van der Waals surface area contributed by atoms with Gasteiger partial charge in [-0.3, -0.25) is 10.1 Å². The normalized spacial score (nSPS) is 10.3. The standard InChI is InChI=1S/C9H7N3O3S/c1-5-2-3-6(4-7(5)12(13)14)8-10-11-9(16)15-8/h2-4H,1H3,(H,11,16). The van der Waals surface area contributed by atoms with Crippen molar-refractivity contribution in [1.82, 2.24) is 10.2 Å². The first kappa shape index (κ1) is 10.5. The van der Waals surface area contributed by atoms with Crippen LogP contribution in [0.1, 0.15) is 5.56 Å².